The van der Waals surface area contributed by atoms with Crippen molar-refractivity contribution in [1.82, 2.24) is 0 Å². The second-order valence-corrected chi connectivity index (χ2v) is 6.57. The maximum Gasteiger partial charge on any atom is 0.337 e. The van der Waals surface area contributed by atoms with Gasteiger partial charge in [0.1, 0.15) is 12.2 Å². The maximum absolute atomic E-state index is 12.1. The fourth-order valence-electron chi connectivity index (χ4n) is 4.64. The molecule has 4 aliphatic rings. The predicted octanol–water partition coefficient (Wildman–Crippen LogP) is 3.21. The highest BCUT2D eigenvalue weighted by Crippen LogP contribution is 2.57. The Morgan fingerprint density at radius 1 is 1.16 bits per heavy atom. The number of ether oxygens (including phenoxy) is 2. The molecule has 0 aromatic rings. The smallest absolute Gasteiger partial charge is 0.337 e. The molecule has 0 spiro atoms. The van der Waals surface area contributed by atoms with Crippen LogP contribution in [0.3, 0.4) is 0 Å². The molecular weight excluding hydrogens is 240 g/mol. The van der Waals surface area contributed by atoms with E-state index in [0.29, 0.717) is 5.57 Å². The molecular formula is C16H22O3. The first-order valence-corrected chi connectivity index (χ1v) is 7.24. The van der Waals surface area contributed by atoms with Crippen LogP contribution in [0.2, 0.25) is 0 Å². The third kappa shape index (κ3) is 2.43. The van der Waals surface area contributed by atoms with Gasteiger partial charge < -0.3 is 9.47 Å². The lowest BCUT2D eigenvalue weighted by atomic mass is 9.54. The highest BCUT2D eigenvalue weighted by atomic mass is 16.6. The molecule has 4 saturated carbocycles. The fraction of sp³-hybridized carbons (Fsp3) is 0.688. The molecule has 0 saturated heterocycles. The number of carbonyl (C=O) groups excluding carboxylic acids is 1. The summed E-state index contributed by atoms with van der Waals surface area (Å²) in [5, 5.41) is 0. The van der Waals surface area contributed by atoms with Crippen LogP contribution >= 0.6 is 0 Å². The summed E-state index contributed by atoms with van der Waals surface area (Å²) in [6.45, 7) is 7.38. The molecule has 4 fully saturated rings. The summed E-state index contributed by atoms with van der Waals surface area (Å²) < 4.78 is 10.9. The first-order chi connectivity index (χ1) is 9.10. The van der Waals surface area contributed by atoms with E-state index in [0.717, 1.165) is 37.0 Å². The Morgan fingerprint density at radius 3 is 2.16 bits per heavy atom. The normalized spacial score (nSPS) is 38.8. The lowest BCUT2D eigenvalue weighted by Crippen LogP contribution is -2.52. The van der Waals surface area contributed by atoms with Crippen LogP contribution in [0, 0.1) is 17.8 Å². The highest BCUT2D eigenvalue weighted by molar-refractivity contribution is 5.88. The van der Waals surface area contributed by atoms with Crippen LogP contribution in [0.25, 0.3) is 0 Å². The first-order valence-electron chi connectivity index (χ1n) is 7.24. The van der Waals surface area contributed by atoms with E-state index >= 15 is 0 Å². The molecule has 0 aromatic carbocycles. The monoisotopic (exact) mass is 262 g/mol. The van der Waals surface area contributed by atoms with Gasteiger partial charge in [-0.25, -0.2) is 4.79 Å². The SMILES string of the molecule is C=COCC(=C)C(=O)OC12CC3CC(CC(C3)C1)C2. The minimum absolute atomic E-state index is 0.175. The Kier molecular flexibility index (Phi) is 3.15. The lowest BCUT2D eigenvalue weighted by molar-refractivity contribution is -0.182. The molecule has 4 aliphatic carbocycles. The predicted molar refractivity (Wildman–Crippen MR) is 72.3 cm³/mol. The fourth-order valence-corrected chi connectivity index (χ4v) is 4.64. The zero-order chi connectivity index (χ0) is 13.5. The summed E-state index contributed by atoms with van der Waals surface area (Å²) in [5.74, 6) is 2.04. The van der Waals surface area contributed by atoms with Crippen molar-refractivity contribution in [2.75, 3.05) is 6.61 Å². The standard InChI is InChI=1S/C16H22O3/c1-3-18-10-11(2)15(17)19-16-7-12-4-13(8-16)6-14(5-12)9-16/h3,12-14H,1-2,4-10H2. The summed E-state index contributed by atoms with van der Waals surface area (Å²) >= 11 is 0. The summed E-state index contributed by atoms with van der Waals surface area (Å²) in [7, 11) is 0. The quantitative estimate of drug-likeness (QED) is 0.433. The number of rotatable bonds is 5. The lowest BCUT2D eigenvalue weighted by Gasteiger charge is -2.55. The Bertz CT molecular complexity index is 375. The number of carbonyl (C=O) groups is 1. The largest absolute Gasteiger partial charge is 0.497 e. The van der Waals surface area contributed by atoms with Crippen molar-refractivity contribution >= 4 is 5.97 Å². The van der Waals surface area contributed by atoms with E-state index in [1.807, 2.05) is 0 Å². The van der Waals surface area contributed by atoms with E-state index < -0.39 is 0 Å². The van der Waals surface area contributed by atoms with Gasteiger partial charge in [0.15, 0.2) is 0 Å². The van der Waals surface area contributed by atoms with Crippen LogP contribution < -0.4 is 0 Å². The van der Waals surface area contributed by atoms with Crippen LogP contribution in [0.4, 0.5) is 0 Å². The highest BCUT2D eigenvalue weighted by Gasteiger charge is 2.53. The maximum atomic E-state index is 12.1. The number of hydrogen-bond acceptors (Lipinski definition) is 3. The molecule has 3 heteroatoms. The third-order valence-electron chi connectivity index (χ3n) is 4.96. The first kappa shape index (κ1) is 12.8. The van der Waals surface area contributed by atoms with Crippen molar-refractivity contribution in [2.24, 2.45) is 17.8 Å². The topological polar surface area (TPSA) is 35.5 Å². The van der Waals surface area contributed by atoms with Gasteiger partial charge in [-0.3, -0.25) is 0 Å². The van der Waals surface area contributed by atoms with Crippen LogP contribution in [0.1, 0.15) is 38.5 Å². The molecule has 4 bridgehead atoms. The van der Waals surface area contributed by atoms with E-state index in [1.165, 1.54) is 25.5 Å². The van der Waals surface area contributed by atoms with Crippen molar-refractivity contribution in [2.45, 2.75) is 44.1 Å². The van der Waals surface area contributed by atoms with Crippen LogP contribution in [-0.4, -0.2) is 18.2 Å². The van der Waals surface area contributed by atoms with Crippen LogP contribution in [0.5, 0.6) is 0 Å². The molecule has 0 unspecified atom stereocenters. The van der Waals surface area contributed by atoms with Crippen molar-refractivity contribution in [3.05, 3.63) is 25.0 Å². The third-order valence-corrected chi connectivity index (χ3v) is 4.96. The van der Waals surface area contributed by atoms with Crippen LogP contribution in [-0.2, 0) is 14.3 Å². The number of esters is 1. The zero-order valence-corrected chi connectivity index (χ0v) is 11.4. The molecule has 19 heavy (non-hydrogen) atoms. The molecule has 0 amide bonds. The van der Waals surface area contributed by atoms with Gasteiger partial charge in [-0.1, -0.05) is 13.2 Å². The van der Waals surface area contributed by atoms with Gasteiger partial charge >= 0.3 is 5.97 Å². The second-order valence-electron chi connectivity index (χ2n) is 6.57. The molecule has 0 aromatic heterocycles. The molecule has 0 N–H and O–H groups in total. The van der Waals surface area contributed by atoms with Gasteiger partial charge in [0.2, 0.25) is 0 Å². The van der Waals surface area contributed by atoms with Crippen molar-refractivity contribution in [3.63, 3.8) is 0 Å². The van der Waals surface area contributed by atoms with Gasteiger partial charge in [-0.05, 0) is 56.3 Å². The van der Waals surface area contributed by atoms with Crippen molar-refractivity contribution in [1.29, 1.82) is 0 Å². The average molecular weight is 262 g/mol. The molecule has 104 valence electrons. The molecule has 0 atom stereocenters. The van der Waals surface area contributed by atoms with E-state index in [9.17, 15) is 4.79 Å². The Labute approximate surface area is 114 Å². The molecule has 0 aliphatic heterocycles. The van der Waals surface area contributed by atoms with Crippen molar-refractivity contribution in [3.8, 4) is 0 Å². The second kappa shape index (κ2) is 4.69. The summed E-state index contributed by atoms with van der Waals surface area (Å²) in [5.41, 5.74) is 0.193. The molecule has 4 rings (SSSR count). The van der Waals surface area contributed by atoms with Gasteiger partial charge in [0.05, 0.1) is 11.8 Å². The van der Waals surface area contributed by atoms with E-state index in [-0.39, 0.29) is 18.2 Å². The van der Waals surface area contributed by atoms with E-state index in [4.69, 9.17) is 9.47 Å². The van der Waals surface area contributed by atoms with Gasteiger partial charge in [0.25, 0.3) is 0 Å². The van der Waals surface area contributed by atoms with E-state index in [1.54, 1.807) is 0 Å². The van der Waals surface area contributed by atoms with Crippen molar-refractivity contribution < 1.29 is 14.3 Å². The van der Waals surface area contributed by atoms with Gasteiger partial charge in [-0.2, -0.15) is 0 Å². The molecule has 3 nitrogen and oxygen atoms in total. The minimum Gasteiger partial charge on any atom is -0.497 e. The summed E-state index contributed by atoms with van der Waals surface area (Å²) in [6, 6.07) is 0. The average Bonchev–Trinajstić information content (AvgIpc) is 2.33. The summed E-state index contributed by atoms with van der Waals surface area (Å²) in [4.78, 5) is 12.1. The van der Waals surface area contributed by atoms with Crippen LogP contribution in [0.15, 0.2) is 25.0 Å². The molecule has 0 heterocycles. The Hall–Kier alpha value is -1.25. The molecule has 0 radical (unpaired) electrons. The Morgan fingerprint density at radius 2 is 1.68 bits per heavy atom. The van der Waals surface area contributed by atoms with Gasteiger partial charge in [-0.15, -0.1) is 0 Å². The Balaban J connectivity index is 1.64. The number of hydrogen-bond donors (Lipinski definition) is 0. The zero-order valence-electron chi connectivity index (χ0n) is 11.4. The minimum atomic E-state index is -0.288. The van der Waals surface area contributed by atoms with Gasteiger partial charge in [0, 0.05) is 0 Å². The summed E-state index contributed by atoms with van der Waals surface area (Å²) in [6.07, 6.45) is 8.52. The van der Waals surface area contributed by atoms with E-state index in [2.05, 4.69) is 13.2 Å².